The first-order valence-corrected chi connectivity index (χ1v) is 6.33. The number of halogens is 1. The molecule has 0 bridgehead atoms. The van der Waals surface area contributed by atoms with Gasteiger partial charge in [0.2, 0.25) is 0 Å². The van der Waals surface area contributed by atoms with Crippen molar-refractivity contribution in [1.82, 2.24) is 0 Å². The molecule has 0 saturated heterocycles. The summed E-state index contributed by atoms with van der Waals surface area (Å²) in [5, 5.41) is 2.38. The van der Waals surface area contributed by atoms with Gasteiger partial charge in [-0.25, -0.2) is 0 Å². The molecule has 0 aliphatic carbocycles. The average Bonchev–Trinajstić information content (AvgIpc) is 2.29. The Labute approximate surface area is 110 Å². The fourth-order valence-electron chi connectivity index (χ4n) is 1.77. The zero-order valence-electron chi connectivity index (χ0n) is 9.94. The van der Waals surface area contributed by atoms with Crippen molar-refractivity contribution in [3.8, 4) is 5.75 Å². The molecule has 1 atom stereocenters. The van der Waals surface area contributed by atoms with E-state index in [1.165, 1.54) is 10.8 Å². The largest absolute Gasteiger partial charge is 0.488 e. The lowest BCUT2D eigenvalue weighted by atomic mass is 10.1. The quantitative estimate of drug-likeness (QED) is 0.848. The number of ether oxygens (including phenoxy) is 2. The van der Waals surface area contributed by atoms with Crippen molar-refractivity contribution in [1.29, 1.82) is 0 Å². The Balaban J connectivity index is 2.23. The van der Waals surface area contributed by atoms with Crippen LogP contribution < -0.4 is 4.74 Å². The van der Waals surface area contributed by atoms with Crippen molar-refractivity contribution < 1.29 is 9.47 Å². The van der Waals surface area contributed by atoms with Crippen LogP contribution in [0.2, 0.25) is 0 Å². The Morgan fingerprint density at radius 1 is 1.12 bits per heavy atom. The van der Waals surface area contributed by atoms with Gasteiger partial charge >= 0.3 is 0 Å². The van der Waals surface area contributed by atoms with Crippen LogP contribution in [0, 0.1) is 0 Å². The summed E-state index contributed by atoms with van der Waals surface area (Å²) in [7, 11) is 1.68. The smallest absolute Gasteiger partial charge is 0.120 e. The summed E-state index contributed by atoms with van der Waals surface area (Å²) < 4.78 is 11.9. The normalized spacial score (nSPS) is 12.6. The van der Waals surface area contributed by atoms with Gasteiger partial charge in [-0.15, -0.1) is 0 Å². The second kappa shape index (κ2) is 5.52. The van der Waals surface area contributed by atoms with Crippen LogP contribution in [-0.4, -0.2) is 19.8 Å². The highest BCUT2D eigenvalue weighted by Crippen LogP contribution is 2.24. The van der Waals surface area contributed by atoms with Gasteiger partial charge < -0.3 is 9.47 Å². The molecule has 0 aliphatic heterocycles. The maximum absolute atomic E-state index is 5.76. The van der Waals surface area contributed by atoms with Crippen molar-refractivity contribution in [3.05, 3.63) is 40.9 Å². The van der Waals surface area contributed by atoms with E-state index in [-0.39, 0.29) is 6.10 Å². The van der Waals surface area contributed by atoms with Gasteiger partial charge in [-0.2, -0.15) is 0 Å². The third kappa shape index (κ3) is 3.20. The SMILES string of the molecule is COC[C@H](C)Oc1ccc2cc(Br)ccc2c1. The van der Waals surface area contributed by atoms with Crippen LogP contribution in [0.1, 0.15) is 6.92 Å². The maximum atomic E-state index is 5.76. The molecule has 0 unspecified atom stereocenters. The van der Waals surface area contributed by atoms with Crippen molar-refractivity contribution in [2.75, 3.05) is 13.7 Å². The van der Waals surface area contributed by atoms with E-state index in [1.54, 1.807) is 7.11 Å². The second-order valence-corrected chi connectivity index (χ2v) is 4.95. The third-order valence-corrected chi connectivity index (χ3v) is 3.01. The number of methoxy groups -OCH3 is 1. The van der Waals surface area contributed by atoms with E-state index < -0.39 is 0 Å². The summed E-state index contributed by atoms with van der Waals surface area (Å²) in [6, 6.07) is 12.3. The van der Waals surface area contributed by atoms with E-state index in [2.05, 4.69) is 34.1 Å². The van der Waals surface area contributed by atoms with Gasteiger partial charge in [-0.05, 0) is 42.0 Å². The molecule has 2 rings (SSSR count). The van der Waals surface area contributed by atoms with Gasteiger partial charge in [0.15, 0.2) is 0 Å². The highest BCUT2D eigenvalue weighted by Gasteiger charge is 2.04. The highest BCUT2D eigenvalue weighted by atomic mass is 79.9. The molecule has 0 aliphatic rings. The molecular weight excluding hydrogens is 280 g/mol. The van der Waals surface area contributed by atoms with Crippen molar-refractivity contribution >= 4 is 26.7 Å². The fraction of sp³-hybridized carbons (Fsp3) is 0.286. The van der Waals surface area contributed by atoms with Gasteiger partial charge in [0, 0.05) is 11.6 Å². The molecular formula is C14H15BrO2. The molecule has 2 aromatic rings. The Kier molecular flexibility index (Phi) is 4.02. The lowest BCUT2D eigenvalue weighted by molar-refractivity contribution is 0.0922. The molecule has 0 radical (unpaired) electrons. The predicted molar refractivity (Wildman–Crippen MR) is 73.6 cm³/mol. The Morgan fingerprint density at radius 3 is 2.59 bits per heavy atom. The summed E-state index contributed by atoms with van der Waals surface area (Å²) in [6.45, 7) is 2.59. The molecule has 90 valence electrons. The van der Waals surface area contributed by atoms with Crippen LogP contribution in [0.4, 0.5) is 0 Å². The van der Waals surface area contributed by atoms with Crippen LogP contribution in [-0.2, 0) is 4.74 Å². The minimum Gasteiger partial charge on any atom is -0.488 e. The highest BCUT2D eigenvalue weighted by molar-refractivity contribution is 9.10. The molecule has 2 aromatic carbocycles. The average molecular weight is 295 g/mol. The first kappa shape index (κ1) is 12.4. The molecule has 0 N–H and O–H groups in total. The summed E-state index contributed by atoms with van der Waals surface area (Å²) in [6.07, 6.45) is 0.0629. The molecule has 2 nitrogen and oxygen atoms in total. The van der Waals surface area contributed by atoms with E-state index in [1.807, 2.05) is 25.1 Å². The van der Waals surface area contributed by atoms with Crippen LogP contribution >= 0.6 is 15.9 Å². The standard InChI is InChI=1S/C14H15BrO2/c1-10(9-16-2)17-14-6-4-11-7-13(15)5-3-12(11)8-14/h3-8,10H,9H2,1-2H3/t10-/m0/s1. The third-order valence-electron chi connectivity index (χ3n) is 2.51. The van der Waals surface area contributed by atoms with E-state index in [4.69, 9.17) is 9.47 Å². The van der Waals surface area contributed by atoms with Gasteiger partial charge in [0.1, 0.15) is 11.9 Å². The molecule has 0 spiro atoms. The lowest BCUT2D eigenvalue weighted by Gasteiger charge is -2.14. The van der Waals surface area contributed by atoms with Gasteiger partial charge in [-0.1, -0.05) is 28.1 Å². The van der Waals surface area contributed by atoms with E-state index in [0.29, 0.717) is 6.61 Å². The summed E-state index contributed by atoms with van der Waals surface area (Å²) in [5.74, 6) is 0.879. The molecule has 3 heteroatoms. The van der Waals surface area contributed by atoms with Crippen molar-refractivity contribution in [3.63, 3.8) is 0 Å². The number of rotatable bonds is 4. The minimum atomic E-state index is 0.0629. The van der Waals surface area contributed by atoms with E-state index in [9.17, 15) is 0 Å². The summed E-state index contributed by atoms with van der Waals surface area (Å²) in [5.41, 5.74) is 0. The number of fused-ring (bicyclic) bond motifs is 1. The Hall–Kier alpha value is -1.06. The summed E-state index contributed by atoms with van der Waals surface area (Å²) in [4.78, 5) is 0. The zero-order chi connectivity index (χ0) is 12.3. The molecule has 17 heavy (non-hydrogen) atoms. The predicted octanol–water partition coefficient (Wildman–Crippen LogP) is 4.02. The van der Waals surface area contributed by atoms with Gasteiger partial charge in [0.25, 0.3) is 0 Å². The van der Waals surface area contributed by atoms with E-state index in [0.717, 1.165) is 10.2 Å². The molecule has 0 heterocycles. The van der Waals surface area contributed by atoms with Crippen molar-refractivity contribution in [2.24, 2.45) is 0 Å². The first-order valence-electron chi connectivity index (χ1n) is 5.54. The van der Waals surface area contributed by atoms with Crippen LogP contribution in [0.5, 0.6) is 5.75 Å². The van der Waals surface area contributed by atoms with Gasteiger partial charge in [0.05, 0.1) is 6.61 Å². The molecule has 0 saturated carbocycles. The topological polar surface area (TPSA) is 18.5 Å². The summed E-state index contributed by atoms with van der Waals surface area (Å²) >= 11 is 3.46. The number of hydrogen-bond donors (Lipinski definition) is 0. The maximum Gasteiger partial charge on any atom is 0.120 e. The van der Waals surface area contributed by atoms with Gasteiger partial charge in [-0.3, -0.25) is 0 Å². The lowest BCUT2D eigenvalue weighted by Crippen LogP contribution is -2.17. The monoisotopic (exact) mass is 294 g/mol. The molecule has 0 amide bonds. The zero-order valence-corrected chi connectivity index (χ0v) is 11.5. The fourth-order valence-corrected chi connectivity index (χ4v) is 2.15. The van der Waals surface area contributed by atoms with Crippen molar-refractivity contribution in [2.45, 2.75) is 13.0 Å². The molecule has 0 fully saturated rings. The first-order chi connectivity index (χ1) is 8.19. The van der Waals surface area contributed by atoms with Crippen LogP contribution in [0.3, 0.4) is 0 Å². The number of benzene rings is 2. The molecule has 0 aromatic heterocycles. The van der Waals surface area contributed by atoms with Crippen LogP contribution in [0.25, 0.3) is 10.8 Å². The second-order valence-electron chi connectivity index (χ2n) is 4.04. The van der Waals surface area contributed by atoms with E-state index >= 15 is 0 Å². The van der Waals surface area contributed by atoms with Crippen LogP contribution in [0.15, 0.2) is 40.9 Å². The Bertz CT molecular complexity index is 511. The minimum absolute atomic E-state index is 0.0629. The number of hydrogen-bond acceptors (Lipinski definition) is 2. The Morgan fingerprint density at radius 2 is 1.82 bits per heavy atom.